The third kappa shape index (κ3) is 7.28. The molecule has 4 nitrogen and oxygen atoms in total. The van der Waals surface area contributed by atoms with Gasteiger partial charge in [0.05, 0.1) is 0 Å². The van der Waals surface area contributed by atoms with Gasteiger partial charge in [-0.1, -0.05) is 27.7 Å². The van der Waals surface area contributed by atoms with E-state index in [-0.39, 0.29) is 0 Å². The van der Waals surface area contributed by atoms with Crippen LogP contribution in [0.5, 0.6) is 0 Å². The monoisotopic (exact) mass is 297 g/mol. The first-order chi connectivity index (χ1) is 10.1. The molecule has 1 atom stereocenters. The van der Waals surface area contributed by atoms with Crippen molar-refractivity contribution in [3.63, 3.8) is 0 Å². The molecule has 4 heteroatoms. The van der Waals surface area contributed by atoms with Gasteiger partial charge in [-0.25, -0.2) is 0 Å². The number of nitrogens with zero attached hydrogens (tertiary/aromatic N) is 2. The lowest BCUT2D eigenvalue weighted by molar-refractivity contribution is -0.132. The van der Waals surface area contributed by atoms with Gasteiger partial charge in [0.1, 0.15) is 0 Å². The lowest BCUT2D eigenvalue weighted by atomic mass is 10.0. The second-order valence-electron chi connectivity index (χ2n) is 6.66. The first kappa shape index (κ1) is 18.4. The van der Waals surface area contributed by atoms with Gasteiger partial charge in [0, 0.05) is 26.1 Å². The molecule has 124 valence electrons. The molecule has 0 aromatic carbocycles. The molecule has 1 amide bonds. The number of carbonyl (C=O) groups excluding carboxylic acids is 1. The molecule has 1 heterocycles. The van der Waals surface area contributed by atoms with Gasteiger partial charge in [0.25, 0.3) is 0 Å². The van der Waals surface area contributed by atoms with Gasteiger partial charge in [-0.05, 0) is 50.9 Å². The van der Waals surface area contributed by atoms with Crippen LogP contribution >= 0.6 is 0 Å². The fraction of sp³-hybridized carbons (Fsp3) is 0.941. The van der Waals surface area contributed by atoms with Crippen molar-refractivity contribution in [3.8, 4) is 0 Å². The first-order valence-corrected chi connectivity index (χ1v) is 8.77. The summed E-state index contributed by atoms with van der Waals surface area (Å²) in [5, 5.41) is 3.38. The second-order valence-corrected chi connectivity index (χ2v) is 6.66. The van der Waals surface area contributed by atoms with Crippen LogP contribution in [0.2, 0.25) is 0 Å². The van der Waals surface area contributed by atoms with E-state index in [9.17, 15) is 4.79 Å². The molecule has 0 radical (unpaired) electrons. The number of hydrogen-bond donors (Lipinski definition) is 1. The zero-order valence-corrected chi connectivity index (χ0v) is 14.5. The highest BCUT2D eigenvalue weighted by molar-refractivity contribution is 5.76. The fourth-order valence-corrected chi connectivity index (χ4v) is 3.01. The van der Waals surface area contributed by atoms with Crippen molar-refractivity contribution in [2.75, 3.05) is 45.8 Å². The number of carbonyl (C=O) groups is 1. The minimum Gasteiger partial charge on any atom is -0.341 e. The minimum absolute atomic E-state index is 0.350. The Morgan fingerprint density at radius 3 is 2.48 bits per heavy atom. The Hall–Kier alpha value is -0.610. The van der Waals surface area contributed by atoms with Crippen molar-refractivity contribution in [1.29, 1.82) is 0 Å². The summed E-state index contributed by atoms with van der Waals surface area (Å²) in [7, 11) is 0. The molecule has 0 spiro atoms. The summed E-state index contributed by atoms with van der Waals surface area (Å²) in [4.78, 5) is 17.0. The Morgan fingerprint density at radius 1 is 1.24 bits per heavy atom. The van der Waals surface area contributed by atoms with Crippen LogP contribution in [0.3, 0.4) is 0 Å². The predicted octanol–water partition coefficient (Wildman–Crippen LogP) is 2.20. The zero-order valence-electron chi connectivity index (χ0n) is 14.5. The second kappa shape index (κ2) is 10.2. The largest absolute Gasteiger partial charge is 0.341 e. The Morgan fingerprint density at radius 2 is 1.95 bits per heavy atom. The van der Waals surface area contributed by atoms with E-state index in [0.717, 1.165) is 58.7 Å². The maximum Gasteiger partial charge on any atom is 0.222 e. The normalized spacial score (nSPS) is 18.7. The van der Waals surface area contributed by atoms with Crippen LogP contribution in [0.4, 0.5) is 0 Å². The topological polar surface area (TPSA) is 35.6 Å². The quantitative estimate of drug-likeness (QED) is 0.671. The van der Waals surface area contributed by atoms with E-state index in [0.29, 0.717) is 17.7 Å². The number of nitrogens with one attached hydrogen (secondary N) is 1. The summed E-state index contributed by atoms with van der Waals surface area (Å²) in [5.74, 6) is 1.60. The van der Waals surface area contributed by atoms with Crippen molar-refractivity contribution >= 4 is 5.91 Å². The van der Waals surface area contributed by atoms with Gasteiger partial charge >= 0.3 is 0 Å². The van der Waals surface area contributed by atoms with E-state index in [1.165, 1.54) is 6.42 Å². The SMILES string of the molecule is CCN(CC)CCN(CC(C)C)C(=O)CCC1CCNC1. The number of rotatable bonds is 10. The Labute approximate surface area is 131 Å². The van der Waals surface area contributed by atoms with E-state index in [1.54, 1.807) is 0 Å². The molecule has 1 aliphatic rings. The third-order valence-corrected chi connectivity index (χ3v) is 4.45. The summed E-state index contributed by atoms with van der Waals surface area (Å²) < 4.78 is 0. The molecule has 1 saturated heterocycles. The summed E-state index contributed by atoms with van der Waals surface area (Å²) in [5.41, 5.74) is 0. The van der Waals surface area contributed by atoms with Crippen LogP contribution in [0.15, 0.2) is 0 Å². The van der Waals surface area contributed by atoms with E-state index in [2.05, 4.69) is 42.8 Å². The van der Waals surface area contributed by atoms with Gasteiger partial charge in [-0.3, -0.25) is 4.79 Å². The molecule has 1 rings (SSSR count). The standard InChI is InChI=1S/C17H35N3O/c1-5-19(6-2)11-12-20(14-15(3)4)17(21)8-7-16-9-10-18-13-16/h15-16,18H,5-14H2,1-4H3. The highest BCUT2D eigenvalue weighted by atomic mass is 16.2. The smallest absolute Gasteiger partial charge is 0.222 e. The summed E-state index contributed by atoms with van der Waals surface area (Å²) in [6.45, 7) is 15.9. The highest BCUT2D eigenvalue weighted by Gasteiger charge is 2.19. The van der Waals surface area contributed by atoms with Crippen LogP contribution in [0.25, 0.3) is 0 Å². The van der Waals surface area contributed by atoms with E-state index < -0.39 is 0 Å². The van der Waals surface area contributed by atoms with Crippen LogP contribution in [0.1, 0.15) is 47.0 Å². The Bertz CT molecular complexity index is 284. The summed E-state index contributed by atoms with van der Waals surface area (Å²) in [6, 6.07) is 0. The van der Waals surface area contributed by atoms with Crippen LogP contribution in [-0.2, 0) is 4.79 Å². The molecule has 1 aliphatic heterocycles. The zero-order chi connectivity index (χ0) is 15.7. The first-order valence-electron chi connectivity index (χ1n) is 8.77. The molecule has 1 fully saturated rings. The lowest BCUT2D eigenvalue weighted by Crippen LogP contribution is -2.40. The Balaban J connectivity index is 2.40. The molecular formula is C17H35N3O. The molecule has 1 N–H and O–H groups in total. The van der Waals surface area contributed by atoms with E-state index in [1.807, 2.05) is 0 Å². The van der Waals surface area contributed by atoms with Crippen molar-refractivity contribution in [1.82, 2.24) is 15.1 Å². The average Bonchev–Trinajstić information content (AvgIpc) is 2.97. The lowest BCUT2D eigenvalue weighted by Gasteiger charge is -2.28. The van der Waals surface area contributed by atoms with Gasteiger partial charge in [-0.2, -0.15) is 0 Å². The van der Waals surface area contributed by atoms with Crippen LogP contribution in [-0.4, -0.2) is 61.5 Å². The molecule has 0 saturated carbocycles. The molecular weight excluding hydrogens is 262 g/mol. The molecule has 21 heavy (non-hydrogen) atoms. The minimum atomic E-state index is 0.350. The molecule has 1 unspecified atom stereocenters. The third-order valence-electron chi connectivity index (χ3n) is 4.45. The Kier molecular flexibility index (Phi) is 8.93. The van der Waals surface area contributed by atoms with Crippen molar-refractivity contribution < 1.29 is 4.79 Å². The van der Waals surface area contributed by atoms with Crippen molar-refractivity contribution in [3.05, 3.63) is 0 Å². The van der Waals surface area contributed by atoms with E-state index >= 15 is 0 Å². The summed E-state index contributed by atoms with van der Waals surface area (Å²) in [6.07, 6.45) is 3.00. The van der Waals surface area contributed by atoms with Gasteiger partial charge in [-0.15, -0.1) is 0 Å². The van der Waals surface area contributed by atoms with Gasteiger partial charge in [0.2, 0.25) is 5.91 Å². The van der Waals surface area contributed by atoms with Gasteiger partial charge < -0.3 is 15.1 Å². The molecule has 0 aromatic heterocycles. The van der Waals surface area contributed by atoms with Crippen molar-refractivity contribution in [2.45, 2.75) is 47.0 Å². The number of likely N-dealkylation sites (N-methyl/N-ethyl adjacent to an activating group) is 1. The summed E-state index contributed by atoms with van der Waals surface area (Å²) >= 11 is 0. The van der Waals surface area contributed by atoms with E-state index in [4.69, 9.17) is 0 Å². The molecule has 0 aliphatic carbocycles. The number of amides is 1. The average molecular weight is 297 g/mol. The van der Waals surface area contributed by atoms with Gasteiger partial charge in [0.15, 0.2) is 0 Å². The number of hydrogen-bond acceptors (Lipinski definition) is 3. The molecule has 0 aromatic rings. The van der Waals surface area contributed by atoms with Crippen LogP contribution < -0.4 is 5.32 Å². The fourth-order valence-electron chi connectivity index (χ4n) is 3.01. The van der Waals surface area contributed by atoms with Crippen molar-refractivity contribution in [2.24, 2.45) is 11.8 Å². The predicted molar refractivity (Wildman–Crippen MR) is 89.4 cm³/mol. The molecule has 0 bridgehead atoms. The maximum absolute atomic E-state index is 12.5. The maximum atomic E-state index is 12.5. The van der Waals surface area contributed by atoms with Crippen LogP contribution in [0, 0.1) is 11.8 Å². The highest BCUT2D eigenvalue weighted by Crippen LogP contribution is 2.15.